The van der Waals surface area contributed by atoms with Crippen molar-refractivity contribution in [3.8, 4) is 22.8 Å². The molecular weight excluding hydrogens is 328 g/mol. The van der Waals surface area contributed by atoms with Gasteiger partial charge in [0.2, 0.25) is 5.82 Å². The smallest absolute Gasteiger partial charge is 0.319 e. The molecule has 0 bridgehead atoms. The van der Waals surface area contributed by atoms with E-state index in [-0.39, 0.29) is 12.1 Å². The second-order valence-electron chi connectivity index (χ2n) is 6.22. The SMILES string of the molecule is CCC(C)NC(=O)Nc1ccc(-c2noc(-c3ccccc3C)n2)cc1. The molecule has 2 N–H and O–H groups in total. The van der Waals surface area contributed by atoms with Gasteiger partial charge in [-0.2, -0.15) is 4.98 Å². The molecule has 26 heavy (non-hydrogen) atoms. The van der Waals surface area contributed by atoms with Gasteiger partial charge < -0.3 is 15.2 Å². The first-order valence-electron chi connectivity index (χ1n) is 8.64. The van der Waals surface area contributed by atoms with Crippen LogP contribution in [0.3, 0.4) is 0 Å². The van der Waals surface area contributed by atoms with Crippen LogP contribution >= 0.6 is 0 Å². The number of hydrogen-bond donors (Lipinski definition) is 2. The second kappa shape index (κ2) is 7.82. The summed E-state index contributed by atoms with van der Waals surface area (Å²) in [5.41, 5.74) is 3.53. The van der Waals surface area contributed by atoms with Gasteiger partial charge in [-0.05, 0) is 56.2 Å². The van der Waals surface area contributed by atoms with E-state index in [1.54, 1.807) is 0 Å². The van der Waals surface area contributed by atoms with Gasteiger partial charge in [0.25, 0.3) is 5.89 Å². The van der Waals surface area contributed by atoms with Crippen LogP contribution in [0.25, 0.3) is 22.8 Å². The van der Waals surface area contributed by atoms with Crippen molar-refractivity contribution < 1.29 is 9.32 Å². The van der Waals surface area contributed by atoms with E-state index in [1.165, 1.54) is 0 Å². The zero-order chi connectivity index (χ0) is 18.5. The van der Waals surface area contributed by atoms with Crippen LogP contribution < -0.4 is 10.6 Å². The number of aryl methyl sites for hydroxylation is 1. The number of carbonyl (C=O) groups is 1. The molecule has 2 aromatic carbocycles. The first kappa shape index (κ1) is 17.7. The van der Waals surface area contributed by atoms with E-state index >= 15 is 0 Å². The van der Waals surface area contributed by atoms with Crippen molar-refractivity contribution in [1.29, 1.82) is 0 Å². The highest BCUT2D eigenvalue weighted by Crippen LogP contribution is 2.25. The lowest BCUT2D eigenvalue weighted by Crippen LogP contribution is -2.35. The number of aromatic nitrogens is 2. The molecule has 0 aliphatic rings. The number of benzene rings is 2. The Balaban J connectivity index is 1.71. The number of hydrogen-bond acceptors (Lipinski definition) is 4. The van der Waals surface area contributed by atoms with Gasteiger partial charge in [-0.3, -0.25) is 0 Å². The molecule has 0 fully saturated rings. The van der Waals surface area contributed by atoms with Gasteiger partial charge in [0, 0.05) is 22.9 Å². The Labute approximate surface area is 152 Å². The van der Waals surface area contributed by atoms with E-state index in [2.05, 4.69) is 20.8 Å². The van der Waals surface area contributed by atoms with Crippen molar-refractivity contribution in [2.24, 2.45) is 0 Å². The highest BCUT2D eigenvalue weighted by atomic mass is 16.5. The van der Waals surface area contributed by atoms with Crippen LogP contribution in [0.4, 0.5) is 10.5 Å². The van der Waals surface area contributed by atoms with Gasteiger partial charge in [-0.1, -0.05) is 30.3 Å². The van der Waals surface area contributed by atoms with Crippen molar-refractivity contribution in [2.45, 2.75) is 33.2 Å². The predicted molar refractivity (Wildman–Crippen MR) is 102 cm³/mol. The normalized spacial score (nSPS) is 11.8. The number of carbonyl (C=O) groups excluding carboxylic acids is 1. The number of anilines is 1. The fourth-order valence-electron chi connectivity index (χ4n) is 2.46. The Morgan fingerprint density at radius 3 is 2.58 bits per heavy atom. The Bertz CT molecular complexity index is 887. The highest BCUT2D eigenvalue weighted by Gasteiger charge is 2.12. The second-order valence-corrected chi connectivity index (χ2v) is 6.22. The summed E-state index contributed by atoms with van der Waals surface area (Å²) in [5.74, 6) is 1.01. The summed E-state index contributed by atoms with van der Waals surface area (Å²) in [7, 11) is 0. The van der Waals surface area contributed by atoms with E-state index < -0.39 is 0 Å². The minimum absolute atomic E-state index is 0.133. The molecule has 3 aromatic rings. The number of nitrogens with zero attached hydrogens (tertiary/aromatic N) is 2. The fourth-order valence-corrected chi connectivity index (χ4v) is 2.46. The van der Waals surface area contributed by atoms with Crippen molar-refractivity contribution in [2.75, 3.05) is 5.32 Å². The summed E-state index contributed by atoms with van der Waals surface area (Å²) >= 11 is 0. The number of amides is 2. The Morgan fingerprint density at radius 1 is 1.15 bits per heavy atom. The number of rotatable bonds is 5. The standard InChI is InChI=1S/C20H22N4O2/c1-4-14(3)21-20(25)22-16-11-9-15(10-12-16)18-23-19(26-24-18)17-8-6-5-7-13(17)2/h5-12,14H,4H2,1-3H3,(H2,21,22,25). The van der Waals surface area contributed by atoms with Gasteiger partial charge in [0.1, 0.15) is 0 Å². The topological polar surface area (TPSA) is 80.0 Å². The van der Waals surface area contributed by atoms with E-state index in [9.17, 15) is 4.79 Å². The summed E-state index contributed by atoms with van der Waals surface area (Å²) in [6.45, 7) is 5.99. The molecule has 1 heterocycles. The van der Waals surface area contributed by atoms with Crippen LogP contribution in [0, 0.1) is 6.92 Å². The van der Waals surface area contributed by atoms with E-state index in [0.717, 1.165) is 23.1 Å². The maximum absolute atomic E-state index is 11.9. The van der Waals surface area contributed by atoms with Crippen molar-refractivity contribution in [1.82, 2.24) is 15.5 Å². The summed E-state index contributed by atoms with van der Waals surface area (Å²) in [6.07, 6.45) is 0.882. The van der Waals surface area contributed by atoms with Crippen LogP contribution in [-0.4, -0.2) is 22.2 Å². The van der Waals surface area contributed by atoms with E-state index in [0.29, 0.717) is 17.4 Å². The molecule has 1 unspecified atom stereocenters. The predicted octanol–water partition coefficient (Wildman–Crippen LogP) is 4.63. The molecule has 134 valence electrons. The quantitative estimate of drug-likeness (QED) is 0.703. The molecule has 6 heteroatoms. The van der Waals surface area contributed by atoms with Crippen molar-refractivity contribution in [3.63, 3.8) is 0 Å². The lowest BCUT2D eigenvalue weighted by molar-refractivity contribution is 0.249. The van der Waals surface area contributed by atoms with Gasteiger partial charge in [-0.15, -0.1) is 0 Å². The lowest BCUT2D eigenvalue weighted by atomic mass is 10.1. The molecular formula is C20H22N4O2. The summed E-state index contributed by atoms with van der Waals surface area (Å²) < 4.78 is 5.40. The minimum Gasteiger partial charge on any atom is -0.335 e. The lowest BCUT2D eigenvalue weighted by Gasteiger charge is -2.12. The number of urea groups is 1. The molecule has 3 rings (SSSR count). The van der Waals surface area contributed by atoms with Gasteiger partial charge in [0.15, 0.2) is 0 Å². The van der Waals surface area contributed by atoms with Crippen LogP contribution in [-0.2, 0) is 0 Å². The molecule has 0 saturated heterocycles. The Hall–Kier alpha value is -3.15. The zero-order valence-corrected chi connectivity index (χ0v) is 15.1. The molecule has 0 aliphatic heterocycles. The van der Waals surface area contributed by atoms with E-state index in [4.69, 9.17) is 4.52 Å². The van der Waals surface area contributed by atoms with Crippen LogP contribution in [0.15, 0.2) is 53.1 Å². The van der Waals surface area contributed by atoms with Crippen molar-refractivity contribution >= 4 is 11.7 Å². The summed E-state index contributed by atoms with van der Waals surface area (Å²) in [5, 5.41) is 9.73. The number of nitrogens with one attached hydrogen (secondary N) is 2. The molecule has 0 aliphatic carbocycles. The molecule has 1 atom stereocenters. The fraction of sp³-hybridized carbons (Fsp3) is 0.250. The average molecular weight is 350 g/mol. The molecule has 0 spiro atoms. The van der Waals surface area contributed by atoms with Gasteiger partial charge >= 0.3 is 6.03 Å². The monoisotopic (exact) mass is 350 g/mol. The third-order valence-electron chi connectivity index (χ3n) is 4.19. The summed E-state index contributed by atoms with van der Waals surface area (Å²) in [4.78, 5) is 16.3. The third kappa shape index (κ3) is 4.08. The zero-order valence-electron chi connectivity index (χ0n) is 15.1. The Morgan fingerprint density at radius 2 is 1.88 bits per heavy atom. The average Bonchev–Trinajstić information content (AvgIpc) is 3.12. The third-order valence-corrected chi connectivity index (χ3v) is 4.19. The van der Waals surface area contributed by atoms with E-state index in [1.807, 2.05) is 69.3 Å². The maximum Gasteiger partial charge on any atom is 0.319 e. The first-order valence-corrected chi connectivity index (χ1v) is 8.64. The molecule has 1 aromatic heterocycles. The van der Waals surface area contributed by atoms with Gasteiger partial charge in [0.05, 0.1) is 0 Å². The first-order chi connectivity index (χ1) is 12.6. The summed E-state index contributed by atoms with van der Waals surface area (Å²) in [6, 6.07) is 15.1. The largest absolute Gasteiger partial charge is 0.335 e. The highest BCUT2D eigenvalue weighted by molar-refractivity contribution is 5.89. The maximum atomic E-state index is 11.9. The molecule has 2 amide bonds. The van der Waals surface area contributed by atoms with Crippen LogP contribution in [0.1, 0.15) is 25.8 Å². The van der Waals surface area contributed by atoms with Crippen LogP contribution in [0.5, 0.6) is 0 Å². The molecule has 0 radical (unpaired) electrons. The molecule has 6 nitrogen and oxygen atoms in total. The van der Waals surface area contributed by atoms with Crippen LogP contribution in [0.2, 0.25) is 0 Å². The Kier molecular flexibility index (Phi) is 5.31. The van der Waals surface area contributed by atoms with Gasteiger partial charge in [-0.25, -0.2) is 4.79 Å². The molecule has 0 saturated carbocycles. The van der Waals surface area contributed by atoms with Crippen molar-refractivity contribution in [3.05, 3.63) is 54.1 Å². The minimum atomic E-state index is -0.214.